The summed E-state index contributed by atoms with van der Waals surface area (Å²) < 4.78 is 1.66. The van der Waals surface area contributed by atoms with Crippen molar-refractivity contribution in [1.29, 1.82) is 5.26 Å². The van der Waals surface area contributed by atoms with E-state index in [1.54, 1.807) is 42.1 Å². The molecule has 0 unspecified atom stereocenters. The van der Waals surface area contributed by atoms with E-state index in [-0.39, 0.29) is 17.3 Å². The molecule has 0 aliphatic rings. The first-order valence-electron chi connectivity index (χ1n) is 8.55. The fourth-order valence-electron chi connectivity index (χ4n) is 3.14. The van der Waals surface area contributed by atoms with Gasteiger partial charge in [-0.2, -0.15) is 15.3 Å². The Balaban J connectivity index is 1.78. The molecule has 0 aliphatic carbocycles. The Hall–Kier alpha value is -4.39. The summed E-state index contributed by atoms with van der Waals surface area (Å²) in [6, 6.07) is 10.3. The van der Waals surface area contributed by atoms with Crippen molar-refractivity contribution in [2.45, 2.75) is 13.5 Å². The SMILES string of the molecule is Cc1cc(Cn2ncc3c(-c4ccnc(C#N)c4)nc(N)nc32)ccc1[N+](=O)[O-]. The Bertz CT molecular complexity index is 1310. The Morgan fingerprint density at radius 1 is 1.28 bits per heavy atom. The molecular weight excluding hydrogens is 372 g/mol. The highest BCUT2D eigenvalue weighted by Gasteiger charge is 2.16. The average Bonchev–Trinajstić information content (AvgIpc) is 3.09. The Morgan fingerprint density at radius 3 is 2.83 bits per heavy atom. The Labute approximate surface area is 164 Å². The van der Waals surface area contributed by atoms with Crippen molar-refractivity contribution in [3.05, 3.63) is 69.7 Å². The minimum atomic E-state index is -0.410. The molecular formula is C19H14N8O2. The van der Waals surface area contributed by atoms with Crippen LogP contribution in [0.15, 0.2) is 42.7 Å². The van der Waals surface area contributed by atoms with Gasteiger partial charge in [0.25, 0.3) is 5.69 Å². The number of nitriles is 1. The number of nitrogens with zero attached hydrogens (tertiary/aromatic N) is 7. The smallest absolute Gasteiger partial charge is 0.272 e. The molecule has 0 amide bonds. The number of hydrogen-bond donors (Lipinski definition) is 1. The maximum absolute atomic E-state index is 11.0. The van der Waals surface area contributed by atoms with Crippen molar-refractivity contribution in [3.8, 4) is 17.3 Å². The summed E-state index contributed by atoms with van der Waals surface area (Å²) in [6.45, 7) is 2.05. The lowest BCUT2D eigenvalue weighted by atomic mass is 10.1. The number of nitrogens with two attached hydrogens (primary N) is 1. The monoisotopic (exact) mass is 386 g/mol. The molecule has 29 heavy (non-hydrogen) atoms. The topological polar surface area (TPSA) is 149 Å². The summed E-state index contributed by atoms with van der Waals surface area (Å²) in [4.78, 5) is 23.2. The normalized spacial score (nSPS) is 10.8. The van der Waals surface area contributed by atoms with E-state index in [0.717, 1.165) is 5.56 Å². The van der Waals surface area contributed by atoms with Gasteiger partial charge in [-0.05, 0) is 30.7 Å². The zero-order valence-electron chi connectivity index (χ0n) is 15.3. The van der Waals surface area contributed by atoms with Crippen LogP contribution in [0.1, 0.15) is 16.8 Å². The van der Waals surface area contributed by atoms with Gasteiger partial charge in [0.2, 0.25) is 5.95 Å². The van der Waals surface area contributed by atoms with Crippen LogP contribution in [0.5, 0.6) is 0 Å². The number of fused-ring (bicyclic) bond motifs is 1. The van der Waals surface area contributed by atoms with Gasteiger partial charge in [0, 0.05) is 23.4 Å². The van der Waals surface area contributed by atoms with Crippen molar-refractivity contribution in [2.75, 3.05) is 5.73 Å². The van der Waals surface area contributed by atoms with Crippen molar-refractivity contribution < 1.29 is 4.92 Å². The number of aryl methyl sites for hydroxylation is 1. The maximum Gasteiger partial charge on any atom is 0.272 e. The first-order chi connectivity index (χ1) is 14.0. The second-order valence-electron chi connectivity index (χ2n) is 6.39. The van der Waals surface area contributed by atoms with Gasteiger partial charge >= 0.3 is 0 Å². The number of nitro benzene ring substituents is 1. The molecule has 0 saturated carbocycles. The lowest BCUT2D eigenvalue weighted by molar-refractivity contribution is -0.385. The predicted octanol–water partition coefficient (Wildman–Crippen LogP) is 2.61. The molecule has 4 rings (SSSR count). The second-order valence-corrected chi connectivity index (χ2v) is 6.39. The van der Waals surface area contributed by atoms with Gasteiger partial charge in [0.15, 0.2) is 5.65 Å². The van der Waals surface area contributed by atoms with Crippen LogP contribution in [0.2, 0.25) is 0 Å². The molecule has 1 aromatic carbocycles. The third-order valence-corrected chi connectivity index (χ3v) is 4.45. The van der Waals surface area contributed by atoms with E-state index in [0.29, 0.717) is 34.4 Å². The van der Waals surface area contributed by atoms with Crippen molar-refractivity contribution >= 4 is 22.7 Å². The second kappa shape index (κ2) is 6.97. The summed E-state index contributed by atoms with van der Waals surface area (Å²) in [7, 11) is 0. The quantitative estimate of drug-likeness (QED) is 0.415. The molecule has 10 heteroatoms. The van der Waals surface area contributed by atoms with Crippen LogP contribution in [0.4, 0.5) is 11.6 Å². The zero-order chi connectivity index (χ0) is 20.5. The highest BCUT2D eigenvalue weighted by atomic mass is 16.6. The largest absolute Gasteiger partial charge is 0.368 e. The molecule has 0 spiro atoms. The van der Waals surface area contributed by atoms with Gasteiger partial charge in [-0.3, -0.25) is 10.1 Å². The molecule has 0 aliphatic heterocycles. The van der Waals surface area contributed by atoms with E-state index in [1.807, 2.05) is 6.07 Å². The minimum Gasteiger partial charge on any atom is -0.368 e. The van der Waals surface area contributed by atoms with Crippen LogP contribution < -0.4 is 5.73 Å². The maximum atomic E-state index is 11.0. The predicted molar refractivity (Wildman–Crippen MR) is 105 cm³/mol. The first kappa shape index (κ1) is 18.0. The molecule has 0 fully saturated rings. The molecule has 3 heterocycles. The van der Waals surface area contributed by atoms with E-state index in [2.05, 4.69) is 20.1 Å². The summed E-state index contributed by atoms with van der Waals surface area (Å²) in [5.41, 5.74) is 9.42. The highest BCUT2D eigenvalue weighted by Crippen LogP contribution is 2.27. The average molecular weight is 386 g/mol. The van der Waals surface area contributed by atoms with E-state index in [4.69, 9.17) is 11.0 Å². The zero-order valence-corrected chi connectivity index (χ0v) is 15.3. The molecule has 0 saturated heterocycles. The summed E-state index contributed by atoms with van der Waals surface area (Å²) in [5.74, 6) is 0.0736. The van der Waals surface area contributed by atoms with Crippen molar-refractivity contribution in [2.24, 2.45) is 0 Å². The number of benzene rings is 1. The van der Waals surface area contributed by atoms with E-state index in [9.17, 15) is 10.1 Å². The highest BCUT2D eigenvalue weighted by molar-refractivity contribution is 5.91. The lowest BCUT2D eigenvalue weighted by Gasteiger charge is -2.07. The van der Waals surface area contributed by atoms with Gasteiger partial charge in [-0.15, -0.1) is 0 Å². The van der Waals surface area contributed by atoms with Gasteiger partial charge in [0.1, 0.15) is 11.8 Å². The third kappa shape index (κ3) is 3.32. The molecule has 142 valence electrons. The van der Waals surface area contributed by atoms with Gasteiger partial charge < -0.3 is 5.73 Å². The van der Waals surface area contributed by atoms with Gasteiger partial charge in [-0.1, -0.05) is 6.07 Å². The van der Waals surface area contributed by atoms with E-state index >= 15 is 0 Å². The van der Waals surface area contributed by atoms with E-state index in [1.165, 1.54) is 12.3 Å². The molecule has 10 nitrogen and oxygen atoms in total. The number of pyridine rings is 1. The van der Waals surface area contributed by atoms with Gasteiger partial charge in [0.05, 0.1) is 28.7 Å². The summed E-state index contributed by atoms with van der Waals surface area (Å²) in [5, 5.41) is 25.2. The minimum absolute atomic E-state index is 0.0684. The van der Waals surface area contributed by atoms with Crippen LogP contribution in [0.3, 0.4) is 0 Å². The van der Waals surface area contributed by atoms with Crippen molar-refractivity contribution in [3.63, 3.8) is 0 Å². The number of nitro groups is 1. The summed E-state index contributed by atoms with van der Waals surface area (Å²) >= 11 is 0. The lowest BCUT2D eigenvalue weighted by Crippen LogP contribution is -2.05. The molecule has 4 aromatic rings. The van der Waals surface area contributed by atoms with E-state index < -0.39 is 4.92 Å². The molecule has 2 N–H and O–H groups in total. The van der Waals surface area contributed by atoms with Crippen LogP contribution in [0.25, 0.3) is 22.3 Å². The fraction of sp³-hybridized carbons (Fsp3) is 0.105. The Kier molecular flexibility index (Phi) is 4.33. The third-order valence-electron chi connectivity index (χ3n) is 4.45. The van der Waals surface area contributed by atoms with Gasteiger partial charge in [-0.25, -0.2) is 14.6 Å². The molecule has 3 aromatic heterocycles. The number of anilines is 1. The standard InChI is InChI=1S/C19H14N8O2/c1-11-6-12(2-3-16(11)27(28)29)10-26-18-15(9-23-26)17(24-19(21)25-18)13-4-5-22-14(7-13)8-20/h2-7,9H,10H2,1H3,(H2,21,24,25). The first-order valence-corrected chi connectivity index (χ1v) is 8.55. The number of hydrogen-bond acceptors (Lipinski definition) is 8. The molecule has 0 atom stereocenters. The van der Waals surface area contributed by atoms with Crippen LogP contribution in [-0.2, 0) is 6.54 Å². The van der Waals surface area contributed by atoms with Crippen molar-refractivity contribution in [1.82, 2.24) is 24.7 Å². The summed E-state index contributed by atoms with van der Waals surface area (Å²) in [6.07, 6.45) is 3.16. The van der Waals surface area contributed by atoms with Crippen LogP contribution >= 0.6 is 0 Å². The molecule has 0 bridgehead atoms. The Morgan fingerprint density at radius 2 is 2.10 bits per heavy atom. The number of nitrogen functional groups attached to an aromatic ring is 1. The van der Waals surface area contributed by atoms with Crippen LogP contribution in [-0.4, -0.2) is 29.7 Å². The molecule has 0 radical (unpaired) electrons. The fourth-order valence-corrected chi connectivity index (χ4v) is 3.14. The van der Waals surface area contributed by atoms with Crippen LogP contribution in [0, 0.1) is 28.4 Å². The number of rotatable bonds is 4. The number of aromatic nitrogens is 5.